The van der Waals surface area contributed by atoms with E-state index in [2.05, 4.69) is 73.8 Å². The summed E-state index contributed by atoms with van der Waals surface area (Å²) in [5.41, 5.74) is 39.9. The number of nitrogens with zero attached hydrogens (tertiary/aromatic N) is 5. The Kier molecular flexibility index (Phi) is 47.6. The third kappa shape index (κ3) is 36.7. The Balaban J connectivity index is 1.86. The van der Waals surface area contributed by atoms with Gasteiger partial charge in [0, 0.05) is 32.7 Å². The van der Waals surface area contributed by atoms with Crippen molar-refractivity contribution < 1.29 is 91.7 Å². The molecule has 0 aromatic heterocycles. The van der Waals surface area contributed by atoms with Gasteiger partial charge in [-0.05, 0) is 178 Å². The van der Waals surface area contributed by atoms with Crippen molar-refractivity contribution in [3.8, 4) is 0 Å². The number of aliphatic hydroxyl groups is 1. The largest absolute Gasteiger partial charge is 0.480 e. The Labute approximate surface area is 736 Å². The van der Waals surface area contributed by atoms with Crippen LogP contribution in [0.4, 0.5) is 0 Å². The second kappa shape index (κ2) is 54.6. The molecule has 708 valence electrons. The fourth-order valence-corrected chi connectivity index (χ4v) is 15.2. The second-order valence-electron chi connectivity index (χ2n) is 34.3. The number of carbonyl (C=O) groups is 17. The van der Waals surface area contributed by atoms with E-state index in [1.165, 1.54) is 42.3 Å². The lowest BCUT2D eigenvalue weighted by molar-refractivity contribution is -0.150. The number of guanidine groups is 2. The predicted octanol–water partition coefficient (Wildman–Crippen LogP) is -4.69. The van der Waals surface area contributed by atoms with Gasteiger partial charge in [0.15, 0.2) is 11.9 Å². The topological polar surface area (TPSA) is 692 Å². The van der Waals surface area contributed by atoms with E-state index in [4.69, 9.17) is 40.1 Å². The van der Waals surface area contributed by atoms with E-state index in [1.54, 1.807) is 41.5 Å². The van der Waals surface area contributed by atoms with Crippen LogP contribution in [0.5, 0.6) is 0 Å². The lowest BCUT2D eigenvalue weighted by Gasteiger charge is -2.33. The molecule has 3 heterocycles. The molecular formula is C81H144N24O19S. The molecule has 0 saturated carbocycles. The fourth-order valence-electron chi connectivity index (χ4n) is 14.7. The zero-order chi connectivity index (χ0) is 94.4. The summed E-state index contributed by atoms with van der Waals surface area (Å²) in [5.74, 6) is -16.0. The maximum atomic E-state index is 15.0. The van der Waals surface area contributed by atoms with Crippen LogP contribution in [0.15, 0.2) is 9.98 Å². The Morgan fingerprint density at radius 3 is 1.25 bits per heavy atom. The average Bonchev–Trinajstić information content (AvgIpc) is 1.72. The molecule has 0 bridgehead atoms. The Morgan fingerprint density at radius 2 is 0.792 bits per heavy atom. The summed E-state index contributed by atoms with van der Waals surface area (Å²) >= 11 is 1.50. The summed E-state index contributed by atoms with van der Waals surface area (Å²) in [6.07, 6.45) is 2.58. The number of unbranched alkanes of at least 4 members (excludes halogenated alkanes) is 1. The molecule has 18 atom stereocenters. The summed E-state index contributed by atoms with van der Waals surface area (Å²) < 4.78 is 0. The fraction of sp³-hybridized carbons (Fsp3) is 0.765. The highest BCUT2D eigenvalue weighted by molar-refractivity contribution is 7.98. The zero-order valence-electron chi connectivity index (χ0n) is 75.1. The number of primary amides is 1. The number of thioether (sulfide) groups is 1. The first-order valence-corrected chi connectivity index (χ1v) is 44.9. The molecule has 43 nitrogen and oxygen atoms in total. The first-order chi connectivity index (χ1) is 58.7. The molecule has 0 aromatic carbocycles. The van der Waals surface area contributed by atoms with Gasteiger partial charge in [-0.2, -0.15) is 11.8 Å². The molecule has 16 amide bonds. The molecule has 0 unspecified atom stereocenters. The number of aliphatic carboxylic acids is 1. The van der Waals surface area contributed by atoms with Crippen LogP contribution in [0.1, 0.15) is 212 Å². The molecule has 3 rings (SSSR count). The van der Waals surface area contributed by atoms with Crippen LogP contribution >= 0.6 is 11.8 Å². The molecular weight excluding hydrogens is 1650 g/mol. The molecule has 44 heteroatoms. The molecule has 0 aliphatic carbocycles. The minimum absolute atomic E-state index is 0.00198. The van der Waals surface area contributed by atoms with Gasteiger partial charge in [-0.3, -0.25) is 86.7 Å². The quantitative estimate of drug-likeness (QED) is 0.0155. The highest BCUT2D eigenvalue weighted by atomic mass is 32.2. The number of aliphatic imine (C=N–C) groups is 2. The Morgan fingerprint density at radius 1 is 0.416 bits per heavy atom. The molecule has 3 fully saturated rings. The number of carboxylic acid groups (broad SMARTS) is 1. The third-order valence-corrected chi connectivity index (χ3v) is 22.5. The van der Waals surface area contributed by atoms with Gasteiger partial charge in [-0.1, -0.05) is 75.7 Å². The van der Waals surface area contributed by atoms with Crippen LogP contribution in [0.25, 0.3) is 0 Å². The number of carboxylic acids is 1. The van der Waals surface area contributed by atoms with Crippen LogP contribution in [0.2, 0.25) is 0 Å². The first-order valence-electron chi connectivity index (χ1n) is 43.5. The van der Waals surface area contributed by atoms with Gasteiger partial charge in [-0.15, -0.1) is 0 Å². The van der Waals surface area contributed by atoms with Crippen molar-refractivity contribution in [2.75, 3.05) is 51.3 Å². The number of hydrogen-bond donors (Lipinski definition) is 21. The predicted molar refractivity (Wildman–Crippen MR) is 468 cm³/mol. The molecule has 3 aliphatic rings. The summed E-state index contributed by atoms with van der Waals surface area (Å²) in [5, 5.41) is 52.6. The van der Waals surface area contributed by atoms with Crippen LogP contribution in [-0.2, 0) is 81.5 Å². The van der Waals surface area contributed by atoms with E-state index >= 15 is 4.79 Å². The number of nitrogens with two attached hydrogens (primary N) is 7. The summed E-state index contributed by atoms with van der Waals surface area (Å²) in [6, 6.07) is -21.1. The Bertz CT molecular complexity index is 3710. The van der Waals surface area contributed by atoms with Gasteiger partial charge in [0.1, 0.15) is 90.6 Å². The summed E-state index contributed by atoms with van der Waals surface area (Å²) in [4.78, 5) is 250. The molecule has 28 N–H and O–H groups in total. The van der Waals surface area contributed by atoms with Crippen molar-refractivity contribution in [1.29, 1.82) is 0 Å². The summed E-state index contributed by atoms with van der Waals surface area (Å²) in [7, 11) is 0. The van der Waals surface area contributed by atoms with E-state index < -0.39 is 222 Å². The second-order valence-corrected chi connectivity index (χ2v) is 35.2. The van der Waals surface area contributed by atoms with Crippen LogP contribution in [0.3, 0.4) is 0 Å². The lowest BCUT2D eigenvalue weighted by atomic mass is 9.96. The number of amides is 16. The van der Waals surface area contributed by atoms with Gasteiger partial charge >= 0.3 is 5.97 Å². The maximum absolute atomic E-state index is 15.0. The summed E-state index contributed by atoms with van der Waals surface area (Å²) in [6.45, 7) is 21.7. The number of rotatable bonds is 55. The van der Waals surface area contributed by atoms with Crippen LogP contribution in [-0.4, -0.2) is 291 Å². The highest BCUT2D eigenvalue weighted by Crippen LogP contribution is 2.26. The Hall–Kier alpha value is -10.2. The molecule has 0 spiro atoms. The van der Waals surface area contributed by atoms with E-state index in [0.29, 0.717) is 44.3 Å². The zero-order valence-corrected chi connectivity index (χ0v) is 75.9. The normalized spacial score (nSPS) is 18.7. The van der Waals surface area contributed by atoms with Gasteiger partial charge in [-0.25, -0.2) is 4.79 Å². The molecule has 125 heavy (non-hydrogen) atoms. The molecule has 0 aromatic rings. The van der Waals surface area contributed by atoms with Crippen LogP contribution < -0.4 is 104 Å². The first kappa shape index (κ1) is 109. The highest BCUT2D eigenvalue weighted by Gasteiger charge is 2.46. The minimum atomic E-state index is -1.76. The van der Waals surface area contributed by atoms with Gasteiger partial charge in [0.05, 0.1) is 18.6 Å². The third-order valence-electron chi connectivity index (χ3n) is 21.8. The van der Waals surface area contributed by atoms with E-state index in [1.807, 2.05) is 34.0 Å². The monoisotopic (exact) mass is 1790 g/mol. The van der Waals surface area contributed by atoms with Gasteiger partial charge < -0.3 is 129 Å². The SMILES string of the molecule is CC[C@H](C)[C@H](NC(=O)[C@@H](NC(=O)[C@H](CC(C)C)NC(=O)[C@H](C)NC(=O)[C@@H]1CCCN1C(=O)[C@H](CC(C)C)NC(=O)[C@@H](NC(=O)[C@@H]1CCCN1C(=O)[C@H](CCCCN)NC(=O)[C@H](CCCN=C(N)N)NC(=O)[C@H](CCCN=C(N)N)NC(=O)[C@H](C)NC(=O)[C@H](CC(C)C)NC(=O)[C@@H](N)CCSC)C(C)C)[C@@H](C)O)C(=O)N[C@@H](CC(N)=O)C(=O)N1CCC[C@H]1C(=O)O. The lowest BCUT2D eigenvalue weighted by Crippen LogP contribution is -2.62. The molecule has 3 aliphatic heterocycles. The van der Waals surface area contributed by atoms with Crippen molar-refractivity contribution in [2.24, 2.45) is 79.7 Å². The van der Waals surface area contributed by atoms with Gasteiger partial charge in [0.25, 0.3) is 0 Å². The van der Waals surface area contributed by atoms with Crippen molar-refractivity contribution >= 4 is 124 Å². The number of nitrogens with one attached hydrogen (secondary N) is 12. The average molecular weight is 1790 g/mol. The molecule has 3 saturated heterocycles. The number of carbonyl (C=O) groups excluding carboxylic acids is 16. The smallest absolute Gasteiger partial charge is 0.326 e. The van der Waals surface area contributed by atoms with E-state index in [0.717, 1.165) is 4.90 Å². The van der Waals surface area contributed by atoms with Crippen molar-refractivity contribution in [1.82, 2.24) is 78.5 Å². The van der Waals surface area contributed by atoms with Crippen LogP contribution in [0, 0.1) is 29.6 Å². The maximum Gasteiger partial charge on any atom is 0.326 e. The van der Waals surface area contributed by atoms with Crippen molar-refractivity contribution in [3.63, 3.8) is 0 Å². The van der Waals surface area contributed by atoms with E-state index in [9.17, 15) is 86.9 Å². The number of hydrogen-bond acceptors (Lipinski definition) is 23. The minimum Gasteiger partial charge on any atom is -0.480 e. The van der Waals surface area contributed by atoms with Crippen molar-refractivity contribution in [2.45, 2.75) is 315 Å². The standard InChI is InChI=1S/C81H144N24O19S/c1-15-45(10)62(74(118)99-56(40-60(84)107)78(122)105-35-22-28-59(105)79(123)124)101-75(119)63(48(13)106)102-70(114)54(38-42(4)5)96-65(109)47(12)92-71(115)57-26-20-34-104(57)77(121)55(39-43(6)7)98-73(117)61(44(8)9)100-72(116)58-27-21-33-103(58)76(120)52(23-16-17-30-82)95-68(112)51(25-19-32-90-81(87)88)94-67(111)50(24-18-31-89-80(85)86)93-64(108)46(11)91-69(113)53(37-41(2)3)97-66(110)49(83)29-36-125-14/h41-59,61-63,106H,15-40,82-83H2,1-14H3,(H2,84,107)(H,91,113)(H,92,115)(H,93,108)(H,94,111)(H,95,112)(H,96,109)(H,97,110)(H,98,117)(H,99,118)(H,100,116)(H,101,119)(H,102,114)(H,123,124)(H4,85,86,89)(H4,87,88,90)/t45-,46-,47-,48+,49-,50-,51-,52-,53-,54-,55-,56-,57-,58-,59-,61-,62-,63-/m0/s1. The molecule has 0 radical (unpaired) electrons. The number of likely N-dealkylation sites (tertiary alicyclic amines) is 3. The van der Waals surface area contributed by atoms with Gasteiger partial charge in [0.2, 0.25) is 94.5 Å². The van der Waals surface area contributed by atoms with Crippen molar-refractivity contribution in [3.05, 3.63) is 0 Å². The van der Waals surface area contributed by atoms with E-state index in [-0.39, 0.29) is 146 Å². The number of aliphatic hydroxyl groups excluding tert-OH is 1.